The van der Waals surface area contributed by atoms with Crippen molar-refractivity contribution in [1.82, 2.24) is 0 Å². The number of rotatable bonds is 2. The van der Waals surface area contributed by atoms with Crippen LogP contribution < -0.4 is 0 Å². The minimum Gasteiger partial charge on any atom is -0.294 e. The van der Waals surface area contributed by atoms with Crippen molar-refractivity contribution in [3.05, 3.63) is 59.1 Å². The minimum atomic E-state index is 0.0453. The molecule has 0 aliphatic heterocycles. The third-order valence-electron chi connectivity index (χ3n) is 2.36. The fraction of sp³-hybridized carbons (Fsp3) is 0.0714. The summed E-state index contributed by atoms with van der Waals surface area (Å²) in [5.74, 6) is 0.0453. The summed E-state index contributed by atoms with van der Waals surface area (Å²) in [7, 11) is 0. The monoisotopic (exact) mass is 229 g/mol. The number of ketones is 1. The van der Waals surface area contributed by atoms with Crippen LogP contribution >= 0.6 is 11.6 Å². The Kier molecular flexibility index (Phi) is 3.07. The molecule has 0 saturated carbocycles. The van der Waals surface area contributed by atoms with Crippen molar-refractivity contribution in [1.29, 1.82) is 0 Å². The molecule has 0 aliphatic rings. The second-order valence-corrected chi connectivity index (χ2v) is 3.92. The van der Waals surface area contributed by atoms with E-state index in [1.807, 2.05) is 36.4 Å². The van der Waals surface area contributed by atoms with Gasteiger partial charge in [0.05, 0.1) is 0 Å². The lowest BCUT2D eigenvalue weighted by molar-refractivity contribution is 0.101. The zero-order valence-electron chi connectivity index (χ0n) is 8.83. The Morgan fingerprint density at radius 1 is 1.12 bits per heavy atom. The van der Waals surface area contributed by atoms with Crippen LogP contribution in [0.3, 0.4) is 0 Å². The van der Waals surface area contributed by atoms with E-state index in [0.717, 1.165) is 11.1 Å². The molecule has 0 bridgehead atoms. The molecule has 0 atom stereocenters. The average molecular weight is 230 g/mol. The molecule has 0 fully saturated rings. The first-order chi connectivity index (χ1) is 7.68. The zero-order chi connectivity index (χ0) is 11.5. The summed E-state index contributed by atoms with van der Waals surface area (Å²) in [5, 5.41) is 0.552. The van der Waals surface area contributed by atoms with E-state index < -0.39 is 0 Å². The van der Waals surface area contributed by atoms with Gasteiger partial charge in [-0.1, -0.05) is 48.0 Å². The number of benzene rings is 2. The predicted molar refractivity (Wildman–Crippen MR) is 65.7 cm³/mol. The standard InChI is InChI=1S/C14H10ClO/c1-10(16)13-7-2-3-8-14(13)11-5-4-6-12(15)9-11/h2-8H,1H3. The molecule has 0 saturated heterocycles. The molecule has 0 heterocycles. The molecule has 0 aliphatic carbocycles. The topological polar surface area (TPSA) is 17.1 Å². The van der Waals surface area contributed by atoms with Crippen LogP contribution in [-0.2, 0) is 0 Å². The highest BCUT2D eigenvalue weighted by atomic mass is 35.5. The molecular formula is C14H10ClO. The van der Waals surface area contributed by atoms with Gasteiger partial charge in [0.2, 0.25) is 0 Å². The average Bonchev–Trinajstić information content (AvgIpc) is 2.29. The number of carbonyl (C=O) groups excluding carboxylic acids is 1. The Hall–Kier alpha value is -1.60. The van der Waals surface area contributed by atoms with Gasteiger partial charge in [-0.2, -0.15) is 0 Å². The third-order valence-corrected chi connectivity index (χ3v) is 2.58. The summed E-state index contributed by atoms with van der Waals surface area (Å²) >= 11 is 5.89. The number of halogens is 1. The van der Waals surface area contributed by atoms with Crippen molar-refractivity contribution in [2.45, 2.75) is 6.92 Å². The van der Waals surface area contributed by atoms with Crippen molar-refractivity contribution < 1.29 is 4.79 Å². The summed E-state index contributed by atoms with van der Waals surface area (Å²) in [5.41, 5.74) is 2.41. The smallest absolute Gasteiger partial charge is 0.160 e. The minimum absolute atomic E-state index is 0.0453. The van der Waals surface area contributed by atoms with Gasteiger partial charge in [-0.05, 0) is 24.1 Å². The first-order valence-corrected chi connectivity index (χ1v) is 5.34. The van der Waals surface area contributed by atoms with Crippen LogP contribution in [0.5, 0.6) is 0 Å². The van der Waals surface area contributed by atoms with Gasteiger partial charge < -0.3 is 0 Å². The molecule has 0 aromatic heterocycles. The highest BCUT2D eigenvalue weighted by Crippen LogP contribution is 2.25. The molecule has 0 unspecified atom stereocenters. The van der Waals surface area contributed by atoms with E-state index in [2.05, 4.69) is 6.07 Å². The summed E-state index contributed by atoms with van der Waals surface area (Å²) in [4.78, 5) is 11.5. The third kappa shape index (κ3) is 2.15. The van der Waals surface area contributed by atoms with Gasteiger partial charge in [-0.15, -0.1) is 0 Å². The van der Waals surface area contributed by atoms with Gasteiger partial charge in [0, 0.05) is 16.7 Å². The highest BCUT2D eigenvalue weighted by molar-refractivity contribution is 6.30. The van der Waals surface area contributed by atoms with E-state index in [1.165, 1.54) is 0 Å². The molecule has 2 heteroatoms. The maximum atomic E-state index is 11.5. The second kappa shape index (κ2) is 4.50. The first kappa shape index (κ1) is 10.9. The van der Waals surface area contributed by atoms with E-state index in [4.69, 9.17) is 11.6 Å². The van der Waals surface area contributed by atoms with Crippen molar-refractivity contribution in [3.63, 3.8) is 0 Å². The van der Waals surface area contributed by atoms with Crippen LogP contribution in [0.4, 0.5) is 0 Å². The van der Waals surface area contributed by atoms with Crippen LogP contribution in [0.2, 0.25) is 5.02 Å². The largest absolute Gasteiger partial charge is 0.294 e. The summed E-state index contributed by atoms with van der Waals surface area (Å²) in [6.45, 7) is 1.56. The van der Waals surface area contributed by atoms with Gasteiger partial charge in [-0.25, -0.2) is 0 Å². The maximum Gasteiger partial charge on any atom is 0.160 e. The molecule has 0 amide bonds. The van der Waals surface area contributed by atoms with E-state index in [9.17, 15) is 4.79 Å². The molecule has 16 heavy (non-hydrogen) atoms. The van der Waals surface area contributed by atoms with Crippen molar-refractivity contribution >= 4 is 17.4 Å². The van der Waals surface area contributed by atoms with E-state index >= 15 is 0 Å². The quantitative estimate of drug-likeness (QED) is 0.711. The van der Waals surface area contributed by atoms with Crippen LogP contribution in [0.25, 0.3) is 11.1 Å². The lowest BCUT2D eigenvalue weighted by Crippen LogP contribution is -1.95. The number of Topliss-reactive ketones (excluding diaryl/α,β-unsaturated/α-hetero) is 1. The van der Waals surface area contributed by atoms with E-state index in [1.54, 1.807) is 13.0 Å². The summed E-state index contributed by atoms with van der Waals surface area (Å²) in [6.07, 6.45) is 0. The lowest BCUT2D eigenvalue weighted by Gasteiger charge is -2.06. The van der Waals surface area contributed by atoms with Crippen LogP contribution in [-0.4, -0.2) is 5.78 Å². The Balaban J connectivity index is 2.60. The highest BCUT2D eigenvalue weighted by Gasteiger charge is 2.08. The Morgan fingerprint density at radius 2 is 1.88 bits per heavy atom. The molecule has 79 valence electrons. The molecule has 2 rings (SSSR count). The Morgan fingerprint density at radius 3 is 2.56 bits per heavy atom. The Labute approximate surface area is 99.7 Å². The zero-order valence-corrected chi connectivity index (χ0v) is 9.58. The van der Waals surface area contributed by atoms with Crippen molar-refractivity contribution in [3.8, 4) is 11.1 Å². The number of hydrogen-bond donors (Lipinski definition) is 0. The number of carbonyl (C=O) groups is 1. The second-order valence-electron chi connectivity index (χ2n) is 3.51. The van der Waals surface area contributed by atoms with Crippen LogP contribution in [0, 0.1) is 6.07 Å². The number of hydrogen-bond acceptors (Lipinski definition) is 1. The molecule has 2 aromatic carbocycles. The molecule has 0 spiro atoms. The SMILES string of the molecule is CC(=O)c1ccccc1-c1[c]c(Cl)ccc1. The fourth-order valence-corrected chi connectivity index (χ4v) is 1.80. The van der Waals surface area contributed by atoms with Crippen LogP contribution in [0.15, 0.2) is 42.5 Å². The molecule has 1 radical (unpaired) electrons. The van der Waals surface area contributed by atoms with Crippen LogP contribution in [0.1, 0.15) is 17.3 Å². The van der Waals surface area contributed by atoms with Gasteiger partial charge >= 0.3 is 0 Å². The predicted octanol–water partition coefficient (Wildman–Crippen LogP) is 4.01. The first-order valence-electron chi connectivity index (χ1n) is 4.96. The Bertz CT molecular complexity index is 532. The van der Waals surface area contributed by atoms with E-state index in [0.29, 0.717) is 10.6 Å². The molecule has 2 aromatic rings. The van der Waals surface area contributed by atoms with E-state index in [-0.39, 0.29) is 5.78 Å². The van der Waals surface area contributed by atoms with Crippen molar-refractivity contribution in [2.75, 3.05) is 0 Å². The normalized spacial score (nSPS) is 10.1. The maximum absolute atomic E-state index is 11.5. The fourth-order valence-electron chi connectivity index (χ4n) is 1.62. The van der Waals surface area contributed by atoms with Crippen molar-refractivity contribution in [2.24, 2.45) is 0 Å². The summed E-state index contributed by atoms with van der Waals surface area (Å²) < 4.78 is 0. The van der Waals surface area contributed by atoms with Gasteiger partial charge in [0.25, 0.3) is 0 Å². The summed E-state index contributed by atoms with van der Waals surface area (Å²) in [6, 6.07) is 16.0. The molecule has 1 nitrogen and oxygen atoms in total. The lowest BCUT2D eigenvalue weighted by atomic mass is 9.98. The van der Waals surface area contributed by atoms with Gasteiger partial charge in [-0.3, -0.25) is 4.79 Å². The van der Waals surface area contributed by atoms with Gasteiger partial charge in [0.1, 0.15) is 0 Å². The van der Waals surface area contributed by atoms with Gasteiger partial charge in [0.15, 0.2) is 5.78 Å². The molecule has 0 N–H and O–H groups in total. The molecular weight excluding hydrogens is 220 g/mol.